The van der Waals surface area contributed by atoms with Crippen molar-refractivity contribution >= 4 is 23.1 Å². The first-order valence-corrected chi connectivity index (χ1v) is 5.72. The highest BCUT2D eigenvalue weighted by Crippen LogP contribution is 2.19. The highest BCUT2D eigenvalue weighted by atomic mass is 32.1. The number of thiocarbonyl (C=S) groups is 1. The summed E-state index contributed by atoms with van der Waals surface area (Å²) in [6, 6.07) is 3.65. The summed E-state index contributed by atoms with van der Waals surface area (Å²) in [5, 5.41) is 6.69. The lowest BCUT2D eigenvalue weighted by atomic mass is 10.3. The number of aromatic nitrogens is 1. The summed E-state index contributed by atoms with van der Waals surface area (Å²) in [5.41, 5.74) is 0. The molecule has 1 heterocycles. The zero-order valence-electron chi connectivity index (χ0n) is 9.62. The molecule has 2 N–H and O–H groups in total. The predicted octanol–water partition coefficient (Wildman–Crippen LogP) is 2.18. The van der Waals surface area contributed by atoms with Crippen molar-refractivity contribution < 1.29 is 4.74 Å². The Labute approximate surface area is 101 Å². The summed E-state index contributed by atoms with van der Waals surface area (Å²) < 4.78 is 5.16. The van der Waals surface area contributed by atoms with Crippen molar-refractivity contribution in [2.75, 3.05) is 19.0 Å². The Morgan fingerprint density at radius 2 is 2.38 bits per heavy atom. The van der Waals surface area contributed by atoms with E-state index in [-0.39, 0.29) is 0 Å². The Hall–Kier alpha value is -1.36. The van der Waals surface area contributed by atoms with Gasteiger partial charge < -0.3 is 15.4 Å². The predicted molar refractivity (Wildman–Crippen MR) is 69.9 cm³/mol. The van der Waals surface area contributed by atoms with Gasteiger partial charge >= 0.3 is 0 Å². The van der Waals surface area contributed by atoms with Gasteiger partial charge in [0.1, 0.15) is 0 Å². The molecule has 0 bridgehead atoms. The summed E-state index contributed by atoms with van der Waals surface area (Å²) in [4.78, 5) is 4.15. The molecule has 1 aromatic heterocycles. The minimum atomic E-state index is 0.574. The van der Waals surface area contributed by atoms with Crippen LogP contribution in [0, 0.1) is 0 Å². The molecule has 5 heteroatoms. The molecular weight excluding hydrogens is 222 g/mol. The second-order valence-corrected chi connectivity index (χ2v) is 3.70. The van der Waals surface area contributed by atoms with Crippen LogP contribution in [0.25, 0.3) is 0 Å². The van der Waals surface area contributed by atoms with E-state index in [0.717, 1.165) is 19.4 Å². The Morgan fingerprint density at radius 3 is 3.06 bits per heavy atom. The maximum atomic E-state index is 5.16. The number of ether oxygens (including phenoxy) is 1. The van der Waals surface area contributed by atoms with Crippen molar-refractivity contribution in [1.82, 2.24) is 10.3 Å². The van der Waals surface area contributed by atoms with Crippen LogP contribution in [0.3, 0.4) is 0 Å². The van der Waals surface area contributed by atoms with Gasteiger partial charge in [-0.3, -0.25) is 0 Å². The van der Waals surface area contributed by atoms with E-state index in [1.807, 2.05) is 12.1 Å². The van der Waals surface area contributed by atoms with Gasteiger partial charge in [0.15, 0.2) is 16.7 Å². The largest absolute Gasteiger partial charge is 0.493 e. The topological polar surface area (TPSA) is 46.2 Å². The van der Waals surface area contributed by atoms with Gasteiger partial charge in [0, 0.05) is 12.7 Å². The number of methoxy groups -OCH3 is 1. The third-order valence-electron chi connectivity index (χ3n) is 2.04. The maximum Gasteiger partial charge on any atom is 0.174 e. The van der Waals surface area contributed by atoms with Crippen LogP contribution in [-0.4, -0.2) is 23.8 Å². The summed E-state index contributed by atoms with van der Waals surface area (Å²) in [6.45, 7) is 3.01. The van der Waals surface area contributed by atoms with Gasteiger partial charge in [-0.1, -0.05) is 13.3 Å². The lowest BCUT2D eigenvalue weighted by Gasteiger charge is -2.11. The molecule has 0 aliphatic heterocycles. The second kappa shape index (κ2) is 7.00. The van der Waals surface area contributed by atoms with E-state index >= 15 is 0 Å². The quantitative estimate of drug-likeness (QED) is 0.609. The maximum absolute atomic E-state index is 5.16. The molecule has 0 spiro atoms. The van der Waals surface area contributed by atoms with Gasteiger partial charge in [-0.2, -0.15) is 0 Å². The Morgan fingerprint density at radius 1 is 1.56 bits per heavy atom. The van der Waals surface area contributed by atoms with Crippen molar-refractivity contribution in [1.29, 1.82) is 0 Å². The molecule has 0 amide bonds. The Bertz CT molecular complexity index is 344. The standard InChI is InChI=1S/C11H17N3OS/c1-3-4-7-13-11(16)14-10-9(15-2)6-5-8-12-10/h5-6,8H,3-4,7H2,1-2H3,(H2,12,13,14,16). The SMILES string of the molecule is CCCCNC(=S)Nc1ncccc1OC. The molecule has 0 saturated heterocycles. The fraction of sp³-hybridized carbons (Fsp3) is 0.455. The van der Waals surface area contributed by atoms with Crippen molar-refractivity contribution in [2.45, 2.75) is 19.8 Å². The lowest BCUT2D eigenvalue weighted by molar-refractivity contribution is 0.415. The average Bonchev–Trinajstić information content (AvgIpc) is 2.30. The molecule has 1 rings (SSSR count). The highest BCUT2D eigenvalue weighted by Gasteiger charge is 2.04. The molecule has 0 aromatic carbocycles. The summed E-state index contributed by atoms with van der Waals surface area (Å²) >= 11 is 5.14. The van der Waals surface area contributed by atoms with Crippen LogP contribution in [0.2, 0.25) is 0 Å². The molecule has 88 valence electrons. The first-order chi connectivity index (χ1) is 7.77. The Balaban J connectivity index is 2.49. The molecule has 4 nitrogen and oxygen atoms in total. The van der Waals surface area contributed by atoms with Crippen molar-refractivity contribution in [3.05, 3.63) is 18.3 Å². The van der Waals surface area contributed by atoms with Crippen LogP contribution in [0.4, 0.5) is 5.82 Å². The number of anilines is 1. The first-order valence-electron chi connectivity index (χ1n) is 5.31. The van der Waals surface area contributed by atoms with E-state index in [1.165, 1.54) is 0 Å². The van der Waals surface area contributed by atoms with E-state index in [4.69, 9.17) is 17.0 Å². The van der Waals surface area contributed by atoms with Gasteiger partial charge in [0.2, 0.25) is 0 Å². The molecule has 0 aliphatic rings. The molecule has 0 aliphatic carbocycles. The van der Waals surface area contributed by atoms with Crippen molar-refractivity contribution in [2.24, 2.45) is 0 Å². The van der Waals surface area contributed by atoms with E-state index in [2.05, 4.69) is 22.5 Å². The van der Waals surface area contributed by atoms with Gasteiger partial charge in [0.05, 0.1) is 7.11 Å². The average molecular weight is 239 g/mol. The highest BCUT2D eigenvalue weighted by molar-refractivity contribution is 7.80. The summed E-state index contributed by atoms with van der Waals surface area (Å²) in [5.74, 6) is 1.32. The van der Waals surface area contributed by atoms with Gasteiger partial charge in [0.25, 0.3) is 0 Å². The van der Waals surface area contributed by atoms with Crippen LogP contribution in [-0.2, 0) is 0 Å². The molecule has 1 aromatic rings. The van der Waals surface area contributed by atoms with Crippen LogP contribution in [0.5, 0.6) is 5.75 Å². The van der Waals surface area contributed by atoms with Crippen molar-refractivity contribution in [3.63, 3.8) is 0 Å². The van der Waals surface area contributed by atoms with Gasteiger partial charge in [-0.05, 0) is 30.8 Å². The number of nitrogens with zero attached hydrogens (tertiary/aromatic N) is 1. The second-order valence-electron chi connectivity index (χ2n) is 3.29. The van der Waals surface area contributed by atoms with E-state index in [0.29, 0.717) is 16.7 Å². The Kier molecular flexibility index (Phi) is 5.56. The smallest absolute Gasteiger partial charge is 0.174 e. The molecular formula is C11H17N3OS. The third kappa shape index (κ3) is 4.02. The van der Waals surface area contributed by atoms with E-state index < -0.39 is 0 Å². The monoisotopic (exact) mass is 239 g/mol. The molecule has 0 saturated carbocycles. The van der Waals surface area contributed by atoms with Crippen LogP contribution in [0.15, 0.2) is 18.3 Å². The number of nitrogens with one attached hydrogen (secondary N) is 2. The molecule has 0 radical (unpaired) electrons. The van der Waals surface area contributed by atoms with Crippen LogP contribution >= 0.6 is 12.2 Å². The van der Waals surface area contributed by atoms with E-state index in [9.17, 15) is 0 Å². The molecule has 0 atom stereocenters. The lowest BCUT2D eigenvalue weighted by Crippen LogP contribution is -2.29. The van der Waals surface area contributed by atoms with E-state index in [1.54, 1.807) is 13.3 Å². The van der Waals surface area contributed by atoms with Crippen LogP contribution < -0.4 is 15.4 Å². The summed E-state index contributed by atoms with van der Waals surface area (Å²) in [6.07, 6.45) is 3.93. The third-order valence-corrected chi connectivity index (χ3v) is 2.28. The normalized spacial score (nSPS) is 9.62. The molecule has 0 unspecified atom stereocenters. The fourth-order valence-electron chi connectivity index (χ4n) is 1.18. The van der Waals surface area contributed by atoms with Gasteiger partial charge in [-0.15, -0.1) is 0 Å². The zero-order valence-corrected chi connectivity index (χ0v) is 10.4. The first kappa shape index (κ1) is 12.7. The number of hydrogen-bond donors (Lipinski definition) is 2. The molecule has 16 heavy (non-hydrogen) atoms. The minimum Gasteiger partial charge on any atom is -0.493 e. The minimum absolute atomic E-state index is 0.574. The van der Waals surface area contributed by atoms with Crippen LogP contribution in [0.1, 0.15) is 19.8 Å². The van der Waals surface area contributed by atoms with Crippen molar-refractivity contribution in [3.8, 4) is 5.75 Å². The number of pyridine rings is 1. The number of unbranched alkanes of at least 4 members (excludes halogenated alkanes) is 1. The van der Waals surface area contributed by atoms with Gasteiger partial charge in [-0.25, -0.2) is 4.98 Å². The number of rotatable bonds is 5. The zero-order chi connectivity index (χ0) is 11.8. The summed E-state index contributed by atoms with van der Waals surface area (Å²) in [7, 11) is 1.61. The fourth-order valence-corrected chi connectivity index (χ4v) is 1.38. The molecule has 0 fully saturated rings. The number of hydrogen-bond acceptors (Lipinski definition) is 3.